The van der Waals surface area contributed by atoms with Gasteiger partial charge in [-0.1, -0.05) is 0 Å². The van der Waals surface area contributed by atoms with Gasteiger partial charge in [-0.05, 0) is 49.6 Å². The number of halogens is 2. The predicted octanol–water partition coefficient (Wildman–Crippen LogP) is 3.40. The molecule has 0 bridgehead atoms. The maximum absolute atomic E-state index is 13.7. The van der Waals surface area contributed by atoms with E-state index in [1.807, 2.05) is 0 Å². The molecule has 0 spiro atoms. The van der Waals surface area contributed by atoms with Crippen LogP contribution in [0.4, 0.5) is 20.2 Å². The lowest BCUT2D eigenvalue weighted by Crippen LogP contribution is -2.52. The van der Waals surface area contributed by atoms with Gasteiger partial charge >= 0.3 is 0 Å². The number of aromatic nitrogens is 3. The molecule has 2 aliphatic rings. The van der Waals surface area contributed by atoms with Gasteiger partial charge in [-0.25, -0.2) is 18.4 Å². The molecular formula is C24H28F2N6O. The van der Waals surface area contributed by atoms with E-state index in [1.54, 1.807) is 6.92 Å². The third-order valence-corrected chi connectivity index (χ3v) is 5.50. The maximum Gasteiger partial charge on any atom is 0.183 e. The summed E-state index contributed by atoms with van der Waals surface area (Å²) in [5.41, 5.74) is 6.78. The Kier molecular flexibility index (Phi) is 3.92. The van der Waals surface area contributed by atoms with Crippen LogP contribution in [0.15, 0.2) is 36.7 Å². The molecule has 33 heavy (non-hydrogen) atoms. The smallest absolute Gasteiger partial charge is 0.183 e. The summed E-state index contributed by atoms with van der Waals surface area (Å²) in [6.07, 6.45) is 2.04. The van der Waals surface area contributed by atoms with Crippen LogP contribution in [0.5, 0.6) is 0 Å². The summed E-state index contributed by atoms with van der Waals surface area (Å²) in [5, 5.41) is 4.25. The minimum Gasteiger partial charge on any atom is -0.398 e. The monoisotopic (exact) mass is 462 g/mol. The SMILES string of the molecule is [2H]C1([2H])N(c2cc(C)c(-c3ncn(-c4cc(F)cc(F)c4)n3)c(N)c2)C([2H])([2H])C([2H])([2H])N(C2CCCOC2)C1([2H])[2H]. The van der Waals surface area contributed by atoms with Gasteiger partial charge in [0.1, 0.15) is 18.0 Å². The number of ether oxygens (including phenoxy) is 1. The molecular weight excluding hydrogens is 426 g/mol. The first-order valence-corrected chi connectivity index (χ1v) is 10.5. The van der Waals surface area contributed by atoms with Crippen molar-refractivity contribution in [1.82, 2.24) is 19.7 Å². The Morgan fingerprint density at radius 1 is 1.06 bits per heavy atom. The maximum atomic E-state index is 13.7. The Balaban J connectivity index is 1.57. The molecule has 9 heteroatoms. The van der Waals surface area contributed by atoms with E-state index < -0.39 is 43.7 Å². The molecule has 0 amide bonds. The Labute approximate surface area is 203 Å². The minimum absolute atomic E-state index is 0.0287. The fourth-order valence-corrected chi connectivity index (χ4v) is 3.91. The number of benzene rings is 2. The van der Waals surface area contributed by atoms with E-state index in [4.69, 9.17) is 21.4 Å². The number of nitrogens with two attached hydrogens (primary N) is 1. The molecule has 3 heterocycles. The first kappa shape index (κ1) is 14.3. The highest BCUT2D eigenvalue weighted by Gasteiger charge is 2.26. The first-order chi connectivity index (χ1) is 19.0. The quantitative estimate of drug-likeness (QED) is 0.599. The number of nitrogens with zero attached hydrogens (tertiary/aromatic N) is 5. The number of hydrogen-bond donors (Lipinski definition) is 1. The second-order valence-electron chi connectivity index (χ2n) is 7.89. The summed E-state index contributed by atoms with van der Waals surface area (Å²) in [7, 11) is 0. The van der Waals surface area contributed by atoms with E-state index in [1.165, 1.54) is 18.5 Å². The normalized spacial score (nSPS) is 29.4. The van der Waals surface area contributed by atoms with Crippen LogP contribution in [0.1, 0.15) is 29.4 Å². The lowest BCUT2D eigenvalue weighted by molar-refractivity contribution is 0.0159. The summed E-state index contributed by atoms with van der Waals surface area (Å²) in [6, 6.07) is 4.50. The van der Waals surface area contributed by atoms with E-state index in [2.05, 4.69) is 10.1 Å². The molecule has 0 aliphatic carbocycles. The Hall–Kier alpha value is -3.04. The van der Waals surface area contributed by atoms with Crippen LogP contribution in [0.25, 0.3) is 17.1 Å². The van der Waals surface area contributed by atoms with Gasteiger partial charge in [0.15, 0.2) is 5.82 Å². The van der Waals surface area contributed by atoms with Gasteiger partial charge in [0, 0.05) is 67.1 Å². The number of anilines is 2. The molecule has 2 saturated heterocycles. The molecule has 2 N–H and O–H groups in total. The number of nitrogen functional groups attached to an aromatic ring is 1. The van der Waals surface area contributed by atoms with Gasteiger partial charge in [-0.15, -0.1) is 5.10 Å². The molecule has 2 aromatic carbocycles. The third kappa shape index (κ3) is 4.56. The zero-order valence-corrected chi connectivity index (χ0v) is 17.8. The second kappa shape index (κ2) is 9.07. The standard InChI is InChI=1S/C24H28F2N6O/c1-16-9-20(31-6-4-30(5-7-31)19-3-2-8-33-14-19)13-22(27)23(16)24-28-15-32(29-24)21-11-17(25)10-18(26)12-21/h9-13,15,19H,2-8,14,27H2,1H3/i4D2,5D2,6D2,7D2. The minimum atomic E-state index is -3.07. The number of piperazine rings is 1. The van der Waals surface area contributed by atoms with Crippen molar-refractivity contribution in [3.05, 3.63) is 53.9 Å². The summed E-state index contributed by atoms with van der Waals surface area (Å²) in [5.74, 6) is -1.55. The fraction of sp³-hybridized carbons (Fsp3) is 0.417. The van der Waals surface area contributed by atoms with Gasteiger partial charge in [0.05, 0.1) is 17.8 Å². The van der Waals surface area contributed by atoms with Crippen molar-refractivity contribution in [2.45, 2.75) is 25.8 Å². The summed E-state index contributed by atoms with van der Waals surface area (Å²) in [4.78, 5) is 5.26. The Morgan fingerprint density at radius 3 is 2.48 bits per heavy atom. The average molecular weight is 463 g/mol. The molecule has 1 unspecified atom stereocenters. The third-order valence-electron chi connectivity index (χ3n) is 5.50. The lowest BCUT2D eigenvalue weighted by atomic mass is 10.0. The molecule has 174 valence electrons. The molecule has 7 nitrogen and oxygen atoms in total. The molecule has 1 aromatic heterocycles. The molecule has 2 aliphatic heterocycles. The lowest BCUT2D eigenvalue weighted by Gasteiger charge is -2.41. The number of aryl methyl sites for hydroxylation is 1. The van der Waals surface area contributed by atoms with Crippen LogP contribution in [-0.2, 0) is 4.74 Å². The van der Waals surface area contributed by atoms with Gasteiger partial charge in [-0.3, -0.25) is 4.90 Å². The molecule has 1 atom stereocenters. The number of hydrogen-bond acceptors (Lipinski definition) is 6. The largest absolute Gasteiger partial charge is 0.398 e. The van der Waals surface area contributed by atoms with E-state index >= 15 is 0 Å². The van der Waals surface area contributed by atoms with E-state index in [9.17, 15) is 8.78 Å². The van der Waals surface area contributed by atoms with Gasteiger partial charge in [-0.2, -0.15) is 0 Å². The van der Waals surface area contributed by atoms with Crippen LogP contribution in [-0.4, -0.2) is 64.9 Å². The highest BCUT2D eigenvalue weighted by atomic mass is 19.1. The zero-order chi connectivity index (χ0) is 30.1. The zero-order valence-electron chi connectivity index (χ0n) is 25.8. The summed E-state index contributed by atoms with van der Waals surface area (Å²) >= 11 is 0. The first-order valence-electron chi connectivity index (χ1n) is 14.5. The molecule has 5 rings (SSSR count). The molecule has 3 aromatic rings. The fourth-order valence-electron chi connectivity index (χ4n) is 3.91. The molecule has 2 fully saturated rings. The van der Waals surface area contributed by atoms with Crippen LogP contribution in [0, 0.1) is 18.6 Å². The van der Waals surface area contributed by atoms with Gasteiger partial charge < -0.3 is 15.4 Å². The van der Waals surface area contributed by atoms with Crippen LogP contribution >= 0.6 is 0 Å². The second-order valence-corrected chi connectivity index (χ2v) is 7.89. The van der Waals surface area contributed by atoms with Crippen molar-refractivity contribution < 1.29 is 24.5 Å². The van der Waals surface area contributed by atoms with Crippen LogP contribution < -0.4 is 10.6 Å². The van der Waals surface area contributed by atoms with E-state index in [-0.39, 0.29) is 35.1 Å². The summed E-state index contributed by atoms with van der Waals surface area (Å²) in [6.45, 7) is -10.2. The van der Waals surface area contributed by atoms with E-state index in [0.717, 1.165) is 16.8 Å². The van der Waals surface area contributed by atoms with E-state index in [0.29, 0.717) is 40.9 Å². The van der Waals surface area contributed by atoms with Crippen molar-refractivity contribution in [2.75, 3.05) is 49.8 Å². The Morgan fingerprint density at radius 2 is 1.82 bits per heavy atom. The highest BCUT2D eigenvalue weighted by Crippen LogP contribution is 2.32. The van der Waals surface area contributed by atoms with Crippen LogP contribution in [0.3, 0.4) is 0 Å². The summed E-state index contributed by atoms with van der Waals surface area (Å²) < 4.78 is 104. The number of rotatable bonds is 4. The van der Waals surface area contributed by atoms with Crippen molar-refractivity contribution in [1.29, 1.82) is 0 Å². The van der Waals surface area contributed by atoms with Crippen LogP contribution in [0.2, 0.25) is 0 Å². The Bertz CT molecular complexity index is 1410. The van der Waals surface area contributed by atoms with Gasteiger partial charge in [0.25, 0.3) is 0 Å². The molecule has 0 radical (unpaired) electrons. The molecule has 0 saturated carbocycles. The van der Waals surface area contributed by atoms with Crippen molar-refractivity contribution in [3.63, 3.8) is 0 Å². The predicted molar refractivity (Wildman–Crippen MR) is 123 cm³/mol. The van der Waals surface area contributed by atoms with Crippen molar-refractivity contribution in [2.24, 2.45) is 0 Å². The highest BCUT2D eigenvalue weighted by molar-refractivity contribution is 5.79. The average Bonchev–Trinajstić information content (AvgIpc) is 3.32. The van der Waals surface area contributed by atoms with Gasteiger partial charge in [0.2, 0.25) is 0 Å². The van der Waals surface area contributed by atoms with Crippen molar-refractivity contribution in [3.8, 4) is 17.1 Å². The topological polar surface area (TPSA) is 72.4 Å². The van der Waals surface area contributed by atoms with Crippen molar-refractivity contribution >= 4 is 11.4 Å².